The van der Waals surface area contributed by atoms with Crippen LogP contribution in [0.25, 0.3) is 0 Å². The molecule has 1 aliphatic rings. The van der Waals surface area contributed by atoms with Crippen LogP contribution in [-0.2, 0) is 4.79 Å². The maximum Gasteiger partial charge on any atom is 0.309 e. The zero-order valence-corrected chi connectivity index (χ0v) is 9.07. The molecule has 0 aromatic carbocycles. The molecule has 0 saturated carbocycles. The molecular formula is C10H20N2O2. The number of aliphatic carboxylic acids is 1. The molecular weight excluding hydrogens is 180 g/mol. The van der Waals surface area contributed by atoms with E-state index in [0.29, 0.717) is 0 Å². The summed E-state index contributed by atoms with van der Waals surface area (Å²) in [6.07, 6.45) is 0. The largest absolute Gasteiger partial charge is 0.481 e. The van der Waals surface area contributed by atoms with Crippen molar-refractivity contribution in [3.63, 3.8) is 0 Å². The molecule has 4 nitrogen and oxygen atoms in total. The third kappa shape index (κ3) is 2.96. The van der Waals surface area contributed by atoms with E-state index in [1.807, 2.05) is 0 Å². The van der Waals surface area contributed by atoms with Crippen LogP contribution in [0, 0.1) is 5.92 Å². The van der Waals surface area contributed by atoms with Crippen molar-refractivity contribution in [3.8, 4) is 0 Å². The van der Waals surface area contributed by atoms with Crippen molar-refractivity contribution in [2.75, 3.05) is 39.3 Å². The molecule has 14 heavy (non-hydrogen) atoms. The Labute approximate surface area is 85.5 Å². The summed E-state index contributed by atoms with van der Waals surface area (Å²) in [4.78, 5) is 15.1. The van der Waals surface area contributed by atoms with Crippen LogP contribution in [0.1, 0.15) is 13.8 Å². The normalized spacial score (nSPS) is 18.5. The van der Waals surface area contributed by atoms with Gasteiger partial charge in [0.2, 0.25) is 0 Å². The summed E-state index contributed by atoms with van der Waals surface area (Å²) in [7, 11) is 0. The monoisotopic (exact) mass is 200 g/mol. The Hall–Kier alpha value is -0.610. The summed E-state index contributed by atoms with van der Waals surface area (Å²) in [6.45, 7) is 9.98. The third-order valence-electron chi connectivity index (χ3n) is 2.93. The Kier molecular flexibility index (Phi) is 4.35. The summed E-state index contributed by atoms with van der Waals surface area (Å²) < 4.78 is 0. The molecule has 1 saturated heterocycles. The van der Waals surface area contributed by atoms with Gasteiger partial charge in [0.05, 0.1) is 5.92 Å². The predicted octanol–water partition coefficient (Wildman–Crippen LogP) is 0.345. The SMILES string of the molecule is CCN(CC)CCN1CC(C(=O)O)C1. The van der Waals surface area contributed by atoms with Crippen LogP contribution in [0.2, 0.25) is 0 Å². The first kappa shape index (κ1) is 11.5. The maximum atomic E-state index is 10.5. The van der Waals surface area contributed by atoms with Gasteiger partial charge in [-0.05, 0) is 13.1 Å². The summed E-state index contributed by atoms with van der Waals surface area (Å²) in [5.74, 6) is -0.768. The van der Waals surface area contributed by atoms with E-state index in [9.17, 15) is 4.79 Å². The number of hydrogen-bond donors (Lipinski definition) is 1. The molecule has 0 aromatic rings. The van der Waals surface area contributed by atoms with Crippen LogP contribution < -0.4 is 0 Å². The fraction of sp³-hybridized carbons (Fsp3) is 0.900. The lowest BCUT2D eigenvalue weighted by atomic mass is 10.0. The first-order valence-electron chi connectivity index (χ1n) is 5.34. The van der Waals surface area contributed by atoms with Crippen molar-refractivity contribution in [2.24, 2.45) is 5.92 Å². The van der Waals surface area contributed by atoms with Gasteiger partial charge in [-0.3, -0.25) is 4.79 Å². The number of carbonyl (C=O) groups is 1. The zero-order chi connectivity index (χ0) is 10.6. The molecule has 1 rings (SSSR count). The molecule has 0 aliphatic carbocycles. The predicted molar refractivity (Wildman–Crippen MR) is 55.4 cm³/mol. The van der Waals surface area contributed by atoms with Crippen molar-refractivity contribution in [1.82, 2.24) is 9.80 Å². The van der Waals surface area contributed by atoms with Gasteiger partial charge in [-0.2, -0.15) is 0 Å². The highest BCUT2D eigenvalue weighted by molar-refractivity contribution is 5.71. The summed E-state index contributed by atoms with van der Waals surface area (Å²) in [6, 6.07) is 0. The molecule has 0 atom stereocenters. The Morgan fingerprint density at radius 2 is 2.00 bits per heavy atom. The van der Waals surface area contributed by atoms with Crippen LogP contribution in [0.15, 0.2) is 0 Å². The van der Waals surface area contributed by atoms with Crippen LogP contribution in [0.3, 0.4) is 0 Å². The van der Waals surface area contributed by atoms with Gasteiger partial charge in [-0.15, -0.1) is 0 Å². The lowest BCUT2D eigenvalue weighted by molar-refractivity contribution is -0.147. The van der Waals surface area contributed by atoms with E-state index >= 15 is 0 Å². The zero-order valence-electron chi connectivity index (χ0n) is 9.07. The second kappa shape index (κ2) is 5.32. The minimum atomic E-state index is -0.649. The van der Waals surface area contributed by atoms with E-state index in [1.165, 1.54) is 0 Å². The van der Waals surface area contributed by atoms with Crippen molar-refractivity contribution >= 4 is 5.97 Å². The van der Waals surface area contributed by atoms with Gasteiger partial charge in [0.15, 0.2) is 0 Å². The van der Waals surface area contributed by atoms with E-state index in [1.54, 1.807) is 0 Å². The number of hydrogen-bond acceptors (Lipinski definition) is 3. The number of rotatable bonds is 6. The number of likely N-dealkylation sites (tertiary alicyclic amines) is 1. The van der Waals surface area contributed by atoms with Crippen molar-refractivity contribution < 1.29 is 9.90 Å². The number of carboxylic acids is 1. The van der Waals surface area contributed by atoms with Crippen molar-refractivity contribution in [2.45, 2.75) is 13.8 Å². The Bertz CT molecular complexity index is 187. The molecule has 1 N–H and O–H groups in total. The third-order valence-corrected chi connectivity index (χ3v) is 2.93. The van der Waals surface area contributed by atoms with Gasteiger partial charge >= 0.3 is 5.97 Å². The van der Waals surface area contributed by atoms with E-state index in [-0.39, 0.29) is 5.92 Å². The van der Waals surface area contributed by atoms with Gasteiger partial charge in [0.1, 0.15) is 0 Å². The van der Waals surface area contributed by atoms with Crippen molar-refractivity contribution in [3.05, 3.63) is 0 Å². The molecule has 82 valence electrons. The summed E-state index contributed by atoms with van der Waals surface area (Å²) in [5, 5.41) is 8.68. The van der Waals surface area contributed by atoms with Crippen LogP contribution in [0.5, 0.6) is 0 Å². The fourth-order valence-electron chi connectivity index (χ4n) is 1.73. The highest BCUT2D eigenvalue weighted by Crippen LogP contribution is 2.14. The van der Waals surface area contributed by atoms with Crippen LogP contribution in [-0.4, -0.2) is 60.1 Å². The highest BCUT2D eigenvalue weighted by Gasteiger charge is 2.31. The second-order valence-corrected chi connectivity index (χ2v) is 3.82. The first-order chi connectivity index (χ1) is 6.67. The van der Waals surface area contributed by atoms with Crippen molar-refractivity contribution in [1.29, 1.82) is 0 Å². The standard InChI is InChI=1S/C10H20N2O2/c1-3-11(4-2)5-6-12-7-9(8-12)10(13)14/h9H,3-8H2,1-2H3,(H,13,14). The minimum absolute atomic E-state index is 0.119. The lowest BCUT2D eigenvalue weighted by Gasteiger charge is -2.37. The Balaban J connectivity index is 2.08. The van der Waals surface area contributed by atoms with E-state index in [0.717, 1.165) is 39.3 Å². The second-order valence-electron chi connectivity index (χ2n) is 3.82. The van der Waals surface area contributed by atoms with E-state index in [2.05, 4.69) is 23.6 Å². The fourth-order valence-corrected chi connectivity index (χ4v) is 1.73. The molecule has 1 aliphatic heterocycles. The van der Waals surface area contributed by atoms with E-state index in [4.69, 9.17) is 5.11 Å². The number of nitrogens with zero attached hydrogens (tertiary/aromatic N) is 2. The molecule has 4 heteroatoms. The van der Waals surface area contributed by atoms with Crippen LogP contribution in [0.4, 0.5) is 0 Å². The summed E-state index contributed by atoms with van der Waals surface area (Å²) >= 11 is 0. The van der Waals surface area contributed by atoms with Gasteiger partial charge in [-0.25, -0.2) is 0 Å². The Morgan fingerprint density at radius 1 is 1.43 bits per heavy atom. The minimum Gasteiger partial charge on any atom is -0.481 e. The molecule has 0 spiro atoms. The lowest BCUT2D eigenvalue weighted by Crippen LogP contribution is -2.52. The topological polar surface area (TPSA) is 43.8 Å². The molecule has 0 amide bonds. The number of carboxylic acid groups (broad SMARTS) is 1. The summed E-state index contributed by atoms with van der Waals surface area (Å²) in [5.41, 5.74) is 0. The van der Waals surface area contributed by atoms with Gasteiger partial charge < -0.3 is 14.9 Å². The molecule has 0 bridgehead atoms. The molecule has 0 radical (unpaired) electrons. The molecule has 0 unspecified atom stereocenters. The highest BCUT2D eigenvalue weighted by atomic mass is 16.4. The van der Waals surface area contributed by atoms with E-state index < -0.39 is 5.97 Å². The smallest absolute Gasteiger partial charge is 0.309 e. The van der Waals surface area contributed by atoms with Gasteiger partial charge in [0.25, 0.3) is 0 Å². The van der Waals surface area contributed by atoms with Crippen LogP contribution >= 0.6 is 0 Å². The number of likely N-dealkylation sites (N-methyl/N-ethyl adjacent to an activating group) is 1. The van der Waals surface area contributed by atoms with Gasteiger partial charge in [-0.1, -0.05) is 13.8 Å². The average molecular weight is 200 g/mol. The molecule has 1 fully saturated rings. The first-order valence-corrected chi connectivity index (χ1v) is 5.34. The van der Waals surface area contributed by atoms with Gasteiger partial charge in [0, 0.05) is 26.2 Å². The maximum absolute atomic E-state index is 10.5. The quantitative estimate of drug-likeness (QED) is 0.671. The molecule has 1 heterocycles. The average Bonchev–Trinajstić information content (AvgIpc) is 2.08. The Morgan fingerprint density at radius 3 is 2.43 bits per heavy atom. The molecule has 0 aromatic heterocycles.